The highest BCUT2D eigenvalue weighted by Gasteiger charge is 2.50. The Balaban J connectivity index is 0.00000380. The maximum atomic E-state index is 13.5. The average Bonchev–Trinajstić information content (AvgIpc) is 3.02. The number of thiocarbonyl (C=S) groups is 1. The van der Waals surface area contributed by atoms with Gasteiger partial charge in [-0.2, -0.15) is 5.26 Å². The molecular formula is C27H33Cl2N5O2S. The molecule has 37 heavy (non-hydrogen) atoms. The van der Waals surface area contributed by atoms with Crippen LogP contribution in [-0.4, -0.2) is 60.3 Å². The molecule has 4 rings (SSSR count). The number of benzene rings is 2. The maximum absolute atomic E-state index is 13.5. The number of nitrogens with zero attached hydrogens (tertiary/aromatic N) is 4. The second-order valence-corrected chi connectivity index (χ2v) is 10.5. The molecule has 2 heterocycles. The van der Waals surface area contributed by atoms with Gasteiger partial charge in [-0.1, -0.05) is 18.5 Å². The zero-order valence-electron chi connectivity index (χ0n) is 21.6. The van der Waals surface area contributed by atoms with Crippen LogP contribution in [0.2, 0.25) is 5.02 Å². The number of ether oxygens (including phenoxy) is 1. The molecule has 1 atom stereocenters. The summed E-state index contributed by atoms with van der Waals surface area (Å²) in [5.74, 6) is 0.700. The van der Waals surface area contributed by atoms with E-state index < -0.39 is 5.54 Å². The van der Waals surface area contributed by atoms with Crippen molar-refractivity contribution in [1.29, 1.82) is 5.26 Å². The Morgan fingerprint density at radius 2 is 1.97 bits per heavy atom. The van der Waals surface area contributed by atoms with Crippen LogP contribution in [0.15, 0.2) is 36.4 Å². The molecule has 1 N–H and O–H groups in total. The molecule has 2 aliphatic rings. The van der Waals surface area contributed by atoms with E-state index >= 15 is 0 Å². The van der Waals surface area contributed by atoms with Crippen LogP contribution in [-0.2, 0) is 11.2 Å². The van der Waals surface area contributed by atoms with Gasteiger partial charge < -0.3 is 15.0 Å². The molecule has 0 aromatic heterocycles. The minimum atomic E-state index is -0.899. The fraction of sp³-hybridized carbons (Fsp3) is 0.444. The van der Waals surface area contributed by atoms with Crippen molar-refractivity contribution in [2.45, 2.75) is 45.7 Å². The normalized spacial score (nSPS) is 19.5. The van der Waals surface area contributed by atoms with E-state index in [4.69, 9.17) is 28.6 Å². The van der Waals surface area contributed by atoms with Crippen LogP contribution in [0.3, 0.4) is 0 Å². The van der Waals surface area contributed by atoms with Gasteiger partial charge in [0.2, 0.25) is 0 Å². The fourth-order valence-corrected chi connectivity index (χ4v) is 5.55. The minimum Gasteiger partial charge on any atom is -0.492 e. The van der Waals surface area contributed by atoms with Crippen molar-refractivity contribution in [3.8, 4) is 11.8 Å². The number of anilines is 2. The third-order valence-electron chi connectivity index (χ3n) is 6.80. The molecule has 1 unspecified atom stereocenters. The molecule has 2 aliphatic heterocycles. The van der Waals surface area contributed by atoms with E-state index in [1.807, 2.05) is 36.9 Å². The number of hydrogen-bond donors (Lipinski definition) is 1. The molecule has 10 heteroatoms. The summed E-state index contributed by atoms with van der Waals surface area (Å²) >= 11 is 12.0. The van der Waals surface area contributed by atoms with Gasteiger partial charge in [-0.05, 0) is 81.4 Å². The van der Waals surface area contributed by atoms with E-state index in [0.717, 1.165) is 49.6 Å². The molecule has 198 valence electrons. The predicted molar refractivity (Wildman–Crippen MR) is 155 cm³/mol. The Labute approximate surface area is 235 Å². The van der Waals surface area contributed by atoms with Crippen molar-refractivity contribution in [2.75, 3.05) is 42.6 Å². The number of carbonyl (C=O) groups is 1. The lowest BCUT2D eigenvalue weighted by atomic mass is 10.0. The van der Waals surface area contributed by atoms with E-state index in [9.17, 15) is 10.1 Å². The van der Waals surface area contributed by atoms with Gasteiger partial charge in [0.05, 0.1) is 16.3 Å². The quantitative estimate of drug-likeness (QED) is 0.487. The Hall–Kier alpha value is -2.41. The Morgan fingerprint density at radius 1 is 1.24 bits per heavy atom. The molecule has 2 aromatic rings. The first-order valence-electron chi connectivity index (χ1n) is 12.3. The van der Waals surface area contributed by atoms with E-state index in [2.05, 4.69) is 30.1 Å². The Kier molecular flexibility index (Phi) is 9.43. The SMILES string of the molecule is CCc1cc(N2C(=S)N(c3ccc(C#N)c(Cl)c3)C(=O)C2(C)C)ccc1OCCN1CCNC(C)C1.Cl. The van der Waals surface area contributed by atoms with Gasteiger partial charge in [0.1, 0.15) is 24.0 Å². The molecule has 0 spiro atoms. The molecule has 2 fully saturated rings. The first kappa shape index (κ1) is 29.2. The molecule has 7 nitrogen and oxygen atoms in total. The van der Waals surface area contributed by atoms with Crippen LogP contribution in [0, 0.1) is 11.3 Å². The molecule has 0 aliphatic carbocycles. The third kappa shape index (κ3) is 5.87. The Bertz CT molecular complexity index is 1220. The standard InChI is InChI=1S/C27H32ClN5O2S.ClH/c1-5-19-14-22(8-9-24(19)35-13-12-31-11-10-30-18(2)17-31)33-26(36)32(25(34)27(33,3)4)21-7-6-20(16-29)23(28)15-21;/h6-9,14-15,18,30H,5,10-13,17H2,1-4H3;1H. The highest BCUT2D eigenvalue weighted by atomic mass is 35.5. The molecule has 2 saturated heterocycles. The topological polar surface area (TPSA) is 71.8 Å². The lowest BCUT2D eigenvalue weighted by Crippen LogP contribution is -2.50. The first-order valence-corrected chi connectivity index (χ1v) is 13.1. The highest BCUT2D eigenvalue weighted by molar-refractivity contribution is 7.81. The lowest BCUT2D eigenvalue weighted by molar-refractivity contribution is -0.120. The van der Waals surface area contributed by atoms with Gasteiger partial charge in [-0.25, -0.2) is 0 Å². The van der Waals surface area contributed by atoms with E-state index in [-0.39, 0.29) is 23.3 Å². The zero-order valence-corrected chi connectivity index (χ0v) is 24.0. The summed E-state index contributed by atoms with van der Waals surface area (Å²) in [4.78, 5) is 19.3. The monoisotopic (exact) mass is 561 g/mol. The van der Waals surface area contributed by atoms with Gasteiger partial charge in [0.25, 0.3) is 5.91 Å². The maximum Gasteiger partial charge on any atom is 0.259 e. The smallest absolute Gasteiger partial charge is 0.259 e. The van der Waals surface area contributed by atoms with Crippen molar-refractivity contribution in [3.05, 3.63) is 52.5 Å². The number of rotatable bonds is 7. The van der Waals surface area contributed by atoms with Crippen molar-refractivity contribution >= 4 is 58.6 Å². The second-order valence-electron chi connectivity index (χ2n) is 9.74. The number of nitrogens with one attached hydrogen (secondary N) is 1. The summed E-state index contributed by atoms with van der Waals surface area (Å²) < 4.78 is 6.18. The lowest BCUT2D eigenvalue weighted by Gasteiger charge is -2.32. The van der Waals surface area contributed by atoms with Crippen molar-refractivity contribution < 1.29 is 9.53 Å². The van der Waals surface area contributed by atoms with Gasteiger partial charge in [0.15, 0.2) is 5.11 Å². The number of hydrogen-bond acceptors (Lipinski definition) is 6. The summed E-state index contributed by atoms with van der Waals surface area (Å²) in [6.45, 7) is 12.6. The summed E-state index contributed by atoms with van der Waals surface area (Å²) in [5, 5.41) is 13.3. The fourth-order valence-electron chi connectivity index (χ4n) is 4.81. The first-order chi connectivity index (χ1) is 17.2. The van der Waals surface area contributed by atoms with Crippen LogP contribution in [0.4, 0.5) is 11.4 Å². The number of amides is 1. The number of carbonyl (C=O) groups excluding carboxylic acids is 1. The molecule has 1 amide bonds. The van der Waals surface area contributed by atoms with Crippen molar-refractivity contribution in [1.82, 2.24) is 10.2 Å². The second kappa shape index (κ2) is 12.0. The molecule has 0 saturated carbocycles. The summed E-state index contributed by atoms with van der Waals surface area (Å²) in [5.41, 5.74) is 1.89. The van der Waals surface area contributed by atoms with Crippen molar-refractivity contribution in [2.24, 2.45) is 0 Å². The zero-order chi connectivity index (χ0) is 26.0. The van der Waals surface area contributed by atoms with Gasteiger partial charge in [-0.15, -0.1) is 12.4 Å². The van der Waals surface area contributed by atoms with Gasteiger partial charge in [0, 0.05) is 37.9 Å². The molecule has 0 bridgehead atoms. The largest absolute Gasteiger partial charge is 0.492 e. The van der Waals surface area contributed by atoms with Crippen LogP contribution in [0.25, 0.3) is 0 Å². The molecular weight excluding hydrogens is 529 g/mol. The summed E-state index contributed by atoms with van der Waals surface area (Å²) in [6, 6.07) is 13.4. The highest BCUT2D eigenvalue weighted by Crippen LogP contribution is 2.38. The number of aryl methyl sites for hydroxylation is 1. The van der Waals surface area contributed by atoms with Gasteiger partial charge in [-0.3, -0.25) is 14.6 Å². The van der Waals surface area contributed by atoms with Crippen LogP contribution < -0.4 is 19.9 Å². The van der Waals surface area contributed by atoms with E-state index in [1.54, 1.807) is 18.2 Å². The van der Waals surface area contributed by atoms with Gasteiger partial charge >= 0.3 is 0 Å². The minimum absolute atomic E-state index is 0. The third-order valence-corrected chi connectivity index (χ3v) is 7.48. The van der Waals surface area contributed by atoms with E-state index in [0.29, 0.717) is 29.0 Å². The van der Waals surface area contributed by atoms with Crippen LogP contribution in [0.5, 0.6) is 5.75 Å². The van der Waals surface area contributed by atoms with Crippen LogP contribution >= 0.6 is 36.2 Å². The van der Waals surface area contributed by atoms with Crippen LogP contribution in [0.1, 0.15) is 38.8 Å². The molecule has 2 aromatic carbocycles. The predicted octanol–water partition coefficient (Wildman–Crippen LogP) is 4.79. The average molecular weight is 563 g/mol. The summed E-state index contributed by atoms with van der Waals surface area (Å²) in [6.07, 6.45) is 0.789. The number of piperazine rings is 1. The summed E-state index contributed by atoms with van der Waals surface area (Å²) in [7, 11) is 0. The number of halogens is 2. The Morgan fingerprint density at radius 3 is 2.62 bits per heavy atom. The molecule has 0 radical (unpaired) electrons. The number of nitriles is 1. The van der Waals surface area contributed by atoms with E-state index in [1.165, 1.54) is 4.90 Å². The van der Waals surface area contributed by atoms with Crippen molar-refractivity contribution in [3.63, 3.8) is 0 Å².